The van der Waals surface area contributed by atoms with Gasteiger partial charge in [0.05, 0.1) is 6.10 Å². The Bertz CT molecular complexity index is 267. The van der Waals surface area contributed by atoms with Crippen molar-refractivity contribution in [2.75, 3.05) is 6.54 Å². The Morgan fingerprint density at radius 2 is 2.13 bits per heavy atom. The number of ether oxygens (including phenoxy) is 1. The molecule has 3 nitrogen and oxygen atoms in total. The molecule has 0 rings (SSSR count). The van der Waals surface area contributed by atoms with E-state index in [9.17, 15) is 0 Å². The topological polar surface area (TPSA) is 61.3 Å². The van der Waals surface area contributed by atoms with Gasteiger partial charge in [0.2, 0.25) is 0 Å². The maximum atomic E-state index is 5.72. The summed E-state index contributed by atoms with van der Waals surface area (Å²) >= 11 is 0. The molecule has 1 atom stereocenters. The van der Waals surface area contributed by atoms with Gasteiger partial charge in [-0.1, -0.05) is 6.58 Å². The lowest BCUT2D eigenvalue weighted by atomic mass is 10.2. The van der Waals surface area contributed by atoms with Crippen molar-refractivity contribution in [2.24, 2.45) is 11.5 Å². The van der Waals surface area contributed by atoms with Crippen LogP contribution in [0.1, 0.15) is 27.2 Å². The second-order valence-electron chi connectivity index (χ2n) is 3.56. The van der Waals surface area contributed by atoms with Crippen molar-refractivity contribution in [3.05, 3.63) is 35.8 Å². The van der Waals surface area contributed by atoms with Gasteiger partial charge >= 0.3 is 0 Å². The Balaban J connectivity index is 4.45. The molecule has 0 bridgehead atoms. The molecule has 0 amide bonds. The fourth-order valence-corrected chi connectivity index (χ4v) is 1.25. The smallest absolute Gasteiger partial charge is 0.118 e. The van der Waals surface area contributed by atoms with Crippen LogP contribution in [0, 0.1) is 0 Å². The van der Waals surface area contributed by atoms with Crippen LogP contribution in [0.3, 0.4) is 0 Å². The number of rotatable bonds is 6. The van der Waals surface area contributed by atoms with Crippen molar-refractivity contribution in [1.29, 1.82) is 0 Å². The lowest BCUT2D eigenvalue weighted by Crippen LogP contribution is -2.14. The molecular weight excluding hydrogens is 188 g/mol. The molecule has 0 aromatic carbocycles. The van der Waals surface area contributed by atoms with Crippen LogP contribution < -0.4 is 11.5 Å². The zero-order chi connectivity index (χ0) is 11.8. The van der Waals surface area contributed by atoms with Crippen LogP contribution in [-0.2, 0) is 4.74 Å². The van der Waals surface area contributed by atoms with Crippen LogP contribution in [0.5, 0.6) is 0 Å². The van der Waals surface area contributed by atoms with Crippen LogP contribution >= 0.6 is 0 Å². The molecule has 0 aromatic rings. The molecule has 86 valence electrons. The number of hydrogen-bond donors (Lipinski definition) is 2. The summed E-state index contributed by atoms with van der Waals surface area (Å²) in [4.78, 5) is 0. The first-order valence-corrected chi connectivity index (χ1v) is 5.17. The van der Waals surface area contributed by atoms with Crippen molar-refractivity contribution in [2.45, 2.75) is 33.3 Å². The molecule has 15 heavy (non-hydrogen) atoms. The third-order valence-electron chi connectivity index (χ3n) is 1.95. The fourth-order valence-electron chi connectivity index (χ4n) is 1.25. The van der Waals surface area contributed by atoms with E-state index in [1.165, 1.54) is 0 Å². The van der Waals surface area contributed by atoms with Crippen LogP contribution in [0.25, 0.3) is 0 Å². The Kier molecular flexibility index (Phi) is 6.54. The first-order chi connectivity index (χ1) is 7.01. The van der Waals surface area contributed by atoms with Gasteiger partial charge in [0.25, 0.3) is 0 Å². The summed E-state index contributed by atoms with van der Waals surface area (Å²) in [5.74, 6) is 0.836. The quantitative estimate of drug-likeness (QED) is 0.521. The van der Waals surface area contributed by atoms with Gasteiger partial charge in [0, 0.05) is 5.70 Å². The third kappa shape index (κ3) is 5.96. The van der Waals surface area contributed by atoms with Gasteiger partial charge in [-0.2, -0.15) is 0 Å². The Morgan fingerprint density at radius 1 is 1.53 bits per heavy atom. The van der Waals surface area contributed by atoms with Crippen LogP contribution in [0.2, 0.25) is 0 Å². The molecule has 0 aliphatic rings. The molecule has 0 heterocycles. The van der Waals surface area contributed by atoms with Crippen LogP contribution in [0.4, 0.5) is 0 Å². The summed E-state index contributed by atoms with van der Waals surface area (Å²) in [5, 5.41) is 0. The van der Waals surface area contributed by atoms with E-state index in [4.69, 9.17) is 16.2 Å². The highest BCUT2D eigenvalue weighted by Crippen LogP contribution is 2.15. The molecule has 0 aliphatic heterocycles. The molecule has 0 saturated carbocycles. The number of nitrogens with two attached hydrogens (primary N) is 2. The highest BCUT2D eigenvalue weighted by Gasteiger charge is 2.06. The van der Waals surface area contributed by atoms with Gasteiger partial charge in [-0.3, -0.25) is 0 Å². The summed E-state index contributed by atoms with van der Waals surface area (Å²) in [6.07, 6.45) is 4.68. The SMILES string of the molecule is C=C(N)/C=C(C)\C(=C/C)OC(C)CCN. The Labute approximate surface area is 92.5 Å². The molecular formula is C12H22N2O. The summed E-state index contributed by atoms with van der Waals surface area (Å²) in [5.41, 5.74) is 12.5. The van der Waals surface area contributed by atoms with Crippen LogP contribution in [0.15, 0.2) is 35.8 Å². The van der Waals surface area contributed by atoms with E-state index in [0.717, 1.165) is 17.8 Å². The van der Waals surface area contributed by atoms with E-state index < -0.39 is 0 Å². The molecule has 1 unspecified atom stereocenters. The second kappa shape index (κ2) is 7.12. The minimum atomic E-state index is 0.121. The predicted octanol–water partition coefficient (Wildman–Crippen LogP) is 2.06. The first-order valence-electron chi connectivity index (χ1n) is 5.17. The zero-order valence-electron chi connectivity index (χ0n) is 9.92. The van der Waals surface area contributed by atoms with Crippen molar-refractivity contribution < 1.29 is 4.74 Å². The normalized spacial score (nSPS) is 14.9. The van der Waals surface area contributed by atoms with E-state index in [-0.39, 0.29) is 6.10 Å². The summed E-state index contributed by atoms with van der Waals surface area (Å²) in [6.45, 7) is 10.1. The molecule has 3 heteroatoms. The monoisotopic (exact) mass is 210 g/mol. The second-order valence-corrected chi connectivity index (χ2v) is 3.56. The summed E-state index contributed by atoms with van der Waals surface area (Å²) < 4.78 is 5.72. The van der Waals surface area contributed by atoms with Crippen molar-refractivity contribution in [1.82, 2.24) is 0 Å². The molecule has 0 radical (unpaired) electrons. The Morgan fingerprint density at radius 3 is 2.53 bits per heavy atom. The lowest BCUT2D eigenvalue weighted by Gasteiger charge is -2.17. The molecule has 0 spiro atoms. The lowest BCUT2D eigenvalue weighted by molar-refractivity contribution is 0.131. The maximum absolute atomic E-state index is 5.72. The van der Waals surface area contributed by atoms with Crippen molar-refractivity contribution in [3.63, 3.8) is 0 Å². The third-order valence-corrected chi connectivity index (χ3v) is 1.95. The van der Waals surface area contributed by atoms with Gasteiger partial charge < -0.3 is 16.2 Å². The van der Waals surface area contributed by atoms with Crippen LogP contribution in [-0.4, -0.2) is 12.6 Å². The van der Waals surface area contributed by atoms with E-state index in [0.29, 0.717) is 12.2 Å². The fraction of sp³-hybridized carbons (Fsp3) is 0.500. The van der Waals surface area contributed by atoms with E-state index in [1.807, 2.05) is 26.8 Å². The van der Waals surface area contributed by atoms with Gasteiger partial charge in [-0.25, -0.2) is 0 Å². The summed E-state index contributed by atoms with van der Waals surface area (Å²) in [6, 6.07) is 0. The largest absolute Gasteiger partial charge is 0.491 e. The average Bonchev–Trinajstić information content (AvgIpc) is 2.13. The van der Waals surface area contributed by atoms with Gasteiger partial charge in [-0.15, -0.1) is 0 Å². The Hall–Kier alpha value is -1.22. The number of hydrogen-bond acceptors (Lipinski definition) is 3. The molecule has 0 fully saturated rings. The maximum Gasteiger partial charge on any atom is 0.118 e. The minimum Gasteiger partial charge on any atom is -0.491 e. The minimum absolute atomic E-state index is 0.121. The molecule has 0 aliphatic carbocycles. The average molecular weight is 210 g/mol. The van der Waals surface area contributed by atoms with Gasteiger partial charge in [0.15, 0.2) is 0 Å². The van der Waals surface area contributed by atoms with E-state index in [1.54, 1.807) is 6.08 Å². The molecule has 0 aromatic heterocycles. The van der Waals surface area contributed by atoms with Crippen molar-refractivity contribution >= 4 is 0 Å². The number of allylic oxidation sites excluding steroid dienone is 3. The van der Waals surface area contributed by atoms with Gasteiger partial charge in [0.1, 0.15) is 5.76 Å². The van der Waals surface area contributed by atoms with E-state index in [2.05, 4.69) is 6.58 Å². The molecule has 0 saturated heterocycles. The zero-order valence-corrected chi connectivity index (χ0v) is 9.92. The first kappa shape index (κ1) is 13.8. The van der Waals surface area contributed by atoms with Crippen molar-refractivity contribution in [3.8, 4) is 0 Å². The van der Waals surface area contributed by atoms with E-state index >= 15 is 0 Å². The predicted molar refractivity (Wildman–Crippen MR) is 65.1 cm³/mol. The standard InChI is InChI=1S/C12H22N2O/c1-5-12(9(2)8-10(3)14)15-11(4)6-7-13/h5,8,11H,3,6-7,13-14H2,1-2,4H3/b9-8-,12-5+. The van der Waals surface area contributed by atoms with Gasteiger partial charge in [-0.05, 0) is 51.5 Å². The summed E-state index contributed by atoms with van der Waals surface area (Å²) in [7, 11) is 0. The molecule has 4 N–H and O–H groups in total. The highest BCUT2D eigenvalue weighted by atomic mass is 16.5. The highest BCUT2D eigenvalue weighted by molar-refractivity contribution is 5.29.